The molecule has 0 saturated heterocycles. The summed E-state index contributed by atoms with van der Waals surface area (Å²) in [6, 6.07) is -0.646. The van der Waals surface area contributed by atoms with Crippen LogP contribution in [0.5, 0.6) is 0 Å². The van der Waals surface area contributed by atoms with Crippen molar-refractivity contribution in [2.24, 2.45) is 0 Å². The molecule has 86 valence electrons. The maximum atomic E-state index is 10.7. The molecule has 5 heteroatoms. The number of likely N-dealkylation sites (N-methyl/N-ethyl adjacent to an activating group) is 1. The highest BCUT2D eigenvalue weighted by molar-refractivity contribution is 5.81. The van der Waals surface area contributed by atoms with E-state index in [1.807, 2.05) is 0 Å². The van der Waals surface area contributed by atoms with Crippen LogP contribution in [0.15, 0.2) is 12.7 Å². The first-order valence-corrected chi connectivity index (χ1v) is 4.64. The molecule has 0 N–H and O–H groups in total. The van der Waals surface area contributed by atoms with E-state index in [0.717, 1.165) is 6.08 Å². The van der Waals surface area contributed by atoms with Gasteiger partial charge in [0.25, 0.3) is 0 Å². The zero-order valence-electron chi connectivity index (χ0n) is 9.36. The zero-order chi connectivity index (χ0) is 12.1. The molecule has 0 radical (unpaired) electrons. The molecule has 0 rings (SSSR count). The van der Waals surface area contributed by atoms with E-state index in [1.54, 1.807) is 21.0 Å². The Kier molecular flexibility index (Phi) is 5.00. The maximum Gasteiger partial charge on any atom is 0.330 e. The van der Waals surface area contributed by atoms with E-state index < -0.39 is 18.0 Å². The van der Waals surface area contributed by atoms with Gasteiger partial charge in [0, 0.05) is 6.08 Å². The van der Waals surface area contributed by atoms with E-state index in [1.165, 1.54) is 0 Å². The van der Waals surface area contributed by atoms with Crippen LogP contribution in [0.1, 0.15) is 6.92 Å². The Morgan fingerprint density at radius 1 is 1.53 bits per heavy atom. The summed E-state index contributed by atoms with van der Waals surface area (Å²) < 4.78 is 4.97. The van der Waals surface area contributed by atoms with Gasteiger partial charge < -0.3 is 19.1 Å². The van der Waals surface area contributed by atoms with Crippen LogP contribution in [0.2, 0.25) is 0 Å². The molecule has 0 aromatic carbocycles. The molecule has 1 unspecified atom stereocenters. The van der Waals surface area contributed by atoms with Crippen LogP contribution in [0.3, 0.4) is 0 Å². The largest absolute Gasteiger partial charge is 0.544 e. The number of carboxylic acid groups (broad SMARTS) is 1. The molecule has 0 heterocycles. The number of rotatable bonds is 6. The van der Waals surface area contributed by atoms with E-state index in [-0.39, 0.29) is 11.1 Å². The number of carbonyl (C=O) groups excluding carboxylic acids is 2. The lowest BCUT2D eigenvalue weighted by atomic mass is 10.2. The summed E-state index contributed by atoms with van der Waals surface area (Å²) in [6.45, 7) is 5.39. The lowest BCUT2D eigenvalue weighted by molar-refractivity contribution is -0.906. The summed E-state index contributed by atoms with van der Waals surface area (Å²) in [4.78, 5) is 21.4. The van der Waals surface area contributed by atoms with Crippen molar-refractivity contribution < 1.29 is 23.9 Å². The molecule has 0 aliphatic rings. The zero-order valence-corrected chi connectivity index (χ0v) is 9.36. The van der Waals surface area contributed by atoms with Gasteiger partial charge in [-0.05, 0) is 6.92 Å². The number of carbonyl (C=O) groups is 2. The number of carboxylic acids is 1. The van der Waals surface area contributed by atoms with E-state index >= 15 is 0 Å². The summed E-state index contributed by atoms with van der Waals surface area (Å²) in [5.41, 5.74) is 0. The SMILES string of the molecule is C=CC(=O)OCC[N+](C)(C)C(C)C(=O)[O-]. The topological polar surface area (TPSA) is 66.4 Å². The lowest BCUT2D eigenvalue weighted by Crippen LogP contribution is -2.56. The summed E-state index contributed by atoms with van der Waals surface area (Å²) in [6.07, 6.45) is 1.07. The number of hydrogen-bond donors (Lipinski definition) is 0. The molecule has 0 fully saturated rings. The molecule has 15 heavy (non-hydrogen) atoms. The first-order valence-electron chi connectivity index (χ1n) is 4.64. The van der Waals surface area contributed by atoms with Gasteiger partial charge in [-0.15, -0.1) is 0 Å². The minimum Gasteiger partial charge on any atom is -0.544 e. The number of nitrogens with zero attached hydrogens (tertiary/aromatic N) is 1. The van der Waals surface area contributed by atoms with Crippen molar-refractivity contribution in [2.75, 3.05) is 27.2 Å². The van der Waals surface area contributed by atoms with Gasteiger partial charge in [-0.3, -0.25) is 0 Å². The maximum absolute atomic E-state index is 10.7. The van der Waals surface area contributed by atoms with Gasteiger partial charge in [0.15, 0.2) is 0 Å². The highest BCUT2D eigenvalue weighted by atomic mass is 16.5. The molecule has 0 saturated carbocycles. The van der Waals surface area contributed by atoms with Gasteiger partial charge in [-0.1, -0.05) is 6.58 Å². The molecule has 0 bridgehead atoms. The van der Waals surface area contributed by atoms with Crippen molar-refractivity contribution in [2.45, 2.75) is 13.0 Å². The lowest BCUT2D eigenvalue weighted by Gasteiger charge is -2.36. The second-order valence-electron chi connectivity index (χ2n) is 3.87. The van der Waals surface area contributed by atoms with Crippen molar-refractivity contribution in [1.82, 2.24) is 0 Å². The van der Waals surface area contributed by atoms with Crippen LogP contribution in [0.4, 0.5) is 0 Å². The van der Waals surface area contributed by atoms with Gasteiger partial charge in [-0.25, -0.2) is 4.79 Å². The normalized spacial score (nSPS) is 13.0. The van der Waals surface area contributed by atoms with Crippen LogP contribution in [0.25, 0.3) is 0 Å². The first kappa shape index (κ1) is 13.6. The third-order valence-electron chi connectivity index (χ3n) is 2.47. The predicted molar refractivity (Wildman–Crippen MR) is 52.6 cm³/mol. The smallest absolute Gasteiger partial charge is 0.330 e. The number of ether oxygens (including phenoxy) is 1. The van der Waals surface area contributed by atoms with E-state index in [2.05, 4.69) is 6.58 Å². The Bertz CT molecular complexity index is 260. The van der Waals surface area contributed by atoms with Gasteiger partial charge in [0.05, 0.1) is 20.1 Å². The van der Waals surface area contributed by atoms with Crippen molar-refractivity contribution >= 4 is 11.9 Å². The van der Waals surface area contributed by atoms with Crippen LogP contribution in [-0.4, -0.2) is 49.7 Å². The number of quaternary nitrogens is 1. The Labute approximate surface area is 89.5 Å². The minimum atomic E-state index is -1.12. The van der Waals surface area contributed by atoms with Gasteiger partial charge >= 0.3 is 5.97 Å². The van der Waals surface area contributed by atoms with Gasteiger partial charge in [0.1, 0.15) is 19.2 Å². The van der Waals surface area contributed by atoms with Gasteiger partial charge in [0.2, 0.25) is 0 Å². The third kappa shape index (κ3) is 4.60. The summed E-state index contributed by atoms with van der Waals surface area (Å²) in [5.74, 6) is -1.62. The van der Waals surface area contributed by atoms with E-state index in [9.17, 15) is 14.7 Å². The molecule has 0 spiro atoms. The Morgan fingerprint density at radius 2 is 2.07 bits per heavy atom. The van der Waals surface area contributed by atoms with Crippen LogP contribution in [0, 0.1) is 0 Å². The summed E-state index contributed by atoms with van der Waals surface area (Å²) >= 11 is 0. The van der Waals surface area contributed by atoms with Crippen LogP contribution >= 0.6 is 0 Å². The third-order valence-corrected chi connectivity index (χ3v) is 2.47. The Balaban J connectivity index is 4.09. The highest BCUT2D eigenvalue weighted by Gasteiger charge is 2.24. The minimum absolute atomic E-state index is 0.162. The Hall–Kier alpha value is -1.36. The van der Waals surface area contributed by atoms with Gasteiger partial charge in [-0.2, -0.15) is 0 Å². The second-order valence-corrected chi connectivity index (χ2v) is 3.87. The molecule has 1 atom stereocenters. The van der Waals surface area contributed by atoms with E-state index in [0.29, 0.717) is 6.54 Å². The van der Waals surface area contributed by atoms with Crippen LogP contribution < -0.4 is 5.11 Å². The number of hydrogen-bond acceptors (Lipinski definition) is 4. The predicted octanol–water partition coefficient (Wildman–Crippen LogP) is -1.07. The molecule has 0 aliphatic heterocycles. The van der Waals surface area contributed by atoms with Crippen molar-refractivity contribution in [3.63, 3.8) is 0 Å². The molecular weight excluding hydrogens is 198 g/mol. The highest BCUT2D eigenvalue weighted by Crippen LogP contribution is 2.05. The molecule has 0 aromatic rings. The average Bonchev–Trinajstić information content (AvgIpc) is 2.15. The second kappa shape index (κ2) is 5.50. The average molecular weight is 215 g/mol. The fourth-order valence-electron chi connectivity index (χ4n) is 0.919. The molecule has 5 nitrogen and oxygen atoms in total. The fourth-order valence-corrected chi connectivity index (χ4v) is 0.919. The van der Waals surface area contributed by atoms with Crippen molar-refractivity contribution in [1.29, 1.82) is 0 Å². The van der Waals surface area contributed by atoms with Crippen molar-refractivity contribution in [3.05, 3.63) is 12.7 Å². The van der Waals surface area contributed by atoms with E-state index in [4.69, 9.17) is 4.74 Å². The monoisotopic (exact) mass is 215 g/mol. The summed E-state index contributed by atoms with van der Waals surface area (Å²) in [5, 5.41) is 10.6. The standard InChI is InChI=1S/C10H17NO4/c1-5-9(12)15-7-6-11(3,4)8(2)10(13)14/h5,8H,1,6-7H2,2-4H3. The summed E-state index contributed by atoms with van der Waals surface area (Å²) in [7, 11) is 3.48. The molecule has 0 aromatic heterocycles. The number of aliphatic carboxylic acids is 1. The molecule has 0 aliphatic carbocycles. The van der Waals surface area contributed by atoms with Crippen molar-refractivity contribution in [3.8, 4) is 0 Å². The first-order chi connectivity index (χ1) is 6.81. The Morgan fingerprint density at radius 3 is 2.47 bits per heavy atom. The quantitative estimate of drug-likeness (QED) is 0.321. The fraction of sp³-hybridized carbons (Fsp3) is 0.600. The molecule has 0 amide bonds. The van der Waals surface area contributed by atoms with Crippen LogP contribution in [-0.2, 0) is 14.3 Å². The number of esters is 1. The molecular formula is C10H17NO4.